The molecule has 1 aromatic rings. The molecule has 1 aliphatic carbocycles. The van der Waals surface area contributed by atoms with E-state index in [4.69, 9.17) is 23.2 Å². The molecule has 1 N–H and O–H groups in total. The average Bonchev–Trinajstić information content (AvgIpc) is 2.86. The quantitative estimate of drug-likeness (QED) is 0.836. The molecule has 104 valence electrons. The molecule has 2 unspecified atom stereocenters. The van der Waals surface area contributed by atoms with Crippen LogP contribution in [0, 0.1) is 18.8 Å². The summed E-state index contributed by atoms with van der Waals surface area (Å²) >= 11 is 12.0. The van der Waals surface area contributed by atoms with Crippen LogP contribution in [0.3, 0.4) is 0 Å². The minimum absolute atomic E-state index is 0.0415. The molecule has 1 aromatic carbocycles. The summed E-state index contributed by atoms with van der Waals surface area (Å²) in [5.41, 5.74) is 1.50. The number of benzene rings is 1. The fourth-order valence-corrected chi connectivity index (χ4v) is 3.34. The first-order chi connectivity index (χ1) is 9.13. The van der Waals surface area contributed by atoms with Gasteiger partial charge in [0, 0.05) is 23.0 Å². The van der Waals surface area contributed by atoms with Crippen LogP contribution >= 0.6 is 23.2 Å². The molecule has 4 heteroatoms. The van der Waals surface area contributed by atoms with Crippen molar-refractivity contribution in [3.05, 3.63) is 34.3 Å². The Morgan fingerprint density at radius 3 is 2.84 bits per heavy atom. The molecule has 1 amide bonds. The third-order valence-corrected chi connectivity index (χ3v) is 4.86. The van der Waals surface area contributed by atoms with Gasteiger partial charge in [0.2, 0.25) is 0 Å². The van der Waals surface area contributed by atoms with Gasteiger partial charge in [0.25, 0.3) is 5.91 Å². The molecule has 0 bridgehead atoms. The van der Waals surface area contributed by atoms with Gasteiger partial charge in [-0.2, -0.15) is 0 Å². The van der Waals surface area contributed by atoms with Gasteiger partial charge in [-0.15, -0.1) is 11.6 Å². The topological polar surface area (TPSA) is 29.1 Å². The van der Waals surface area contributed by atoms with E-state index in [2.05, 4.69) is 5.32 Å². The lowest BCUT2D eigenvalue weighted by molar-refractivity contribution is 0.0944. The predicted octanol–water partition coefficient (Wildman–Crippen LogP) is 4.03. The van der Waals surface area contributed by atoms with Crippen LogP contribution in [0.25, 0.3) is 0 Å². The number of carbonyl (C=O) groups is 1. The molecule has 1 fully saturated rings. The number of rotatable bonds is 4. The highest BCUT2D eigenvalue weighted by Crippen LogP contribution is 2.32. The number of hydrogen-bond donors (Lipinski definition) is 1. The van der Waals surface area contributed by atoms with Gasteiger partial charge < -0.3 is 5.32 Å². The maximum absolute atomic E-state index is 12.2. The minimum atomic E-state index is -0.0415. The maximum Gasteiger partial charge on any atom is 0.251 e. The Kier molecular flexibility index (Phi) is 5.12. The molecule has 0 spiro atoms. The van der Waals surface area contributed by atoms with Crippen molar-refractivity contribution >= 4 is 29.1 Å². The smallest absolute Gasteiger partial charge is 0.251 e. The van der Waals surface area contributed by atoms with Gasteiger partial charge in [-0.05, 0) is 49.3 Å². The predicted molar refractivity (Wildman–Crippen MR) is 80.1 cm³/mol. The summed E-state index contributed by atoms with van der Waals surface area (Å²) in [6.45, 7) is 2.58. The van der Waals surface area contributed by atoms with Gasteiger partial charge in [0.1, 0.15) is 0 Å². The minimum Gasteiger partial charge on any atom is -0.352 e. The highest BCUT2D eigenvalue weighted by molar-refractivity contribution is 6.31. The number of alkyl halides is 1. The van der Waals surface area contributed by atoms with Gasteiger partial charge in [0.15, 0.2) is 0 Å². The van der Waals surface area contributed by atoms with Crippen molar-refractivity contribution in [2.24, 2.45) is 11.8 Å². The molecule has 0 aliphatic heterocycles. The summed E-state index contributed by atoms with van der Waals surface area (Å²) in [6, 6.07) is 5.42. The van der Waals surface area contributed by atoms with Crippen molar-refractivity contribution in [1.29, 1.82) is 0 Å². The van der Waals surface area contributed by atoms with Crippen molar-refractivity contribution < 1.29 is 4.79 Å². The van der Waals surface area contributed by atoms with Gasteiger partial charge in [0.05, 0.1) is 0 Å². The lowest BCUT2D eigenvalue weighted by Gasteiger charge is -2.18. The van der Waals surface area contributed by atoms with Crippen LogP contribution in [0.1, 0.15) is 35.2 Å². The number of hydrogen-bond acceptors (Lipinski definition) is 1. The molecule has 2 atom stereocenters. The van der Waals surface area contributed by atoms with Crippen LogP contribution in [0.5, 0.6) is 0 Å². The van der Waals surface area contributed by atoms with E-state index in [0.29, 0.717) is 34.8 Å². The van der Waals surface area contributed by atoms with Crippen molar-refractivity contribution in [3.8, 4) is 0 Å². The van der Waals surface area contributed by atoms with Crippen LogP contribution in [-0.4, -0.2) is 18.3 Å². The third kappa shape index (κ3) is 3.43. The molecule has 1 aliphatic rings. The van der Waals surface area contributed by atoms with Crippen LogP contribution < -0.4 is 5.32 Å². The van der Waals surface area contributed by atoms with E-state index in [9.17, 15) is 4.79 Å². The number of carbonyl (C=O) groups excluding carboxylic acids is 1. The lowest BCUT2D eigenvalue weighted by atomic mass is 9.98. The molecule has 0 radical (unpaired) electrons. The summed E-state index contributed by atoms with van der Waals surface area (Å²) in [5.74, 6) is 1.71. The summed E-state index contributed by atoms with van der Waals surface area (Å²) in [6.07, 6.45) is 3.56. The van der Waals surface area contributed by atoms with Gasteiger partial charge in [-0.1, -0.05) is 24.1 Å². The standard InChI is InChI=1S/C15H19Cl2NO/c1-10-13(6-3-7-14(10)17)15(19)18-9-12-5-2-4-11(12)8-16/h3,6-7,11-12H,2,4-5,8-9H2,1H3,(H,18,19). The van der Waals surface area contributed by atoms with Gasteiger partial charge in [-0.25, -0.2) is 0 Å². The second kappa shape index (κ2) is 6.62. The normalized spacial score (nSPS) is 22.5. The molecule has 2 nitrogen and oxygen atoms in total. The second-order valence-electron chi connectivity index (χ2n) is 5.23. The van der Waals surface area contributed by atoms with Crippen molar-refractivity contribution in [2.45, 2.75) is 26.2 Å². The second-order valence-corrected chi connectivity index (χ2v) is 5.94. The Balaban J connectivity index is 1.96. The molecular formula is C15H19Cl2NO. The molecule has 2 rings (SSSR count). The summed E-state index contributed by atoms with van der Waals surface area (Å²) in [4.78, 5) is 12.2. The van der Waals surface area contributed by atoms with Gasteiger partial charge in [-0.3, -0.25) is 4.79 Å². The van der Waals surface area contributed by atoms with E-state index in [0.717, 1.165) is 12.0 Å². The molecule has 0 aromatic heterocycles. The third-order valence-electron chi connectivity index (χ3n) is 4.05. The van der Waals surface area contributed by atoms with Crippen molar-refractivity contribution in [1.82, 2.24) is 5.32 Å². The Morgan fingerprint density at radius 2 is 2.11 bits per heavy atom. The van der Waals surface area contributed by atoms with Crippen LogP contribution in [0.2, 0.25) is 5.02 Å². The van der Waals surface area contributed by atoms with Crippen molar-refractivity contribution in [2.75, 3.05) is 12.4 Å². The van der Waals surface area contributed by atoms with E-state index in [1.54, 1.807) is 12.1 Å². The Morgan fingerprint density at radius 1 is 1.37 bits per heavy atom. The Hall–Kier alpha value is -0.730. The Labute approximate surface area is 124 Å². The van der Waals surface area contributed by atoms with E-state index in [1.165, 1.54) is 12.8 Å². The summed E-state index contributed by atoms with van der Waals surface area (Å²) < 4.78 is 0. The zero-order valence-corrected chi connectivity index (χ0v) is 12.6. The van der Waals surface area contributed by atoms with Crippen molar-refractivity contribution in [3.63, 3.8) is 0 Å². The number of nitrogens with one attached hydrogen (secondary N) is 1. The Bertz CT molecular complexity index is 461. The fraction of sp³-hybridized carbons (Fsp3) is 0.533. The highest BCUT2D eigenvalue weighted by atomic mass is 35.5. The van der Waals surface area contributed by atoms with E-state index >= 15 is 0 Å². The van der Waals surface area contributed by atoms with E-state index < -0.39 is 0 Å². The van der Waals surface area contributed by atoms with Crippen LogP contribution in [-0.2, 0) is 0 Å². The lowest BCUT2D eigenvalue weighted by Crippen LogP contribution is -2.31. The van der Waals surface area contributed by atoms with E-state index in [1.807, 2.05) is 13.0 Å². The number of amides is 1. The SMILES string of the molecule is Cc1c(Cl)cccc1C(=O)NCC1CCCC1CCl. The largest absolute Gasteiger partial charge is 0.352 e. The molecule has 19 heavy (non-hydrogen) atoms. The zero-order valence-electron chi connectivity index (χ0n) is 11.1. The molecule has 1 saturated carbocycles. The monoisotopic (exact) mass is 299 g/mol. The van der Waals surface area contributed by atoms with Gasteiger partial charge >= 0.3 is 0 Å². The first kappa shape index (κ1) is 14.7. The van der Waals surface area contributed by atoms with Crippen LogP contribution in [0.4, 0.5) is 0 Å². The number of halogens is 2. The van der Waals surface area contributed by atoms with Crippen LogP contribution in [0.15, 0.2) is 18.2 Å². The first-order valence-electron chi connectivity index (χ1n) is 6.72. The summed E-state index contributed by atoms with van der Waals surface area (Å²) in [7, 11) is 0. The van der Waals surface area contributed by atoms with E-state index in [-0.39, 0.29) is 5.91 Å². The summed E-state index contributed by atoms with van der Waals surface area (Å²) in [5, 5.41) is 3.65. The fourth-order valence-electron chi connectivity index (χ4n) is 2.76. The average molecular weight is 300 g/mol. The molecule has 0 saturated heterocycles. The maximum atomic E-state index is 12.2. The molecule has 0 heterocycles. The first-order valence-corrected chi connectivity index (χ1v) is 7.64. The zero-order chi connectivity index (χ0) is 13.8. The molecular weight excluding hydrogens is 281 g/mol. The highest BCUT2D eigenvalue weighted by Gasteiger charge is 2.26.